The van der Waals surface area contributed by atoms with Crippen LogP contribution in [0.5, 0.6) is 0 Å². The van der Waals surface area contributed by atoms with Gasteiger partial charge in [0, 0.05) is 30.6 Å². The Labute approximate surface area is 144 Å². The minimum absolute atomic E-state index is 0.125. The second-order valence-corrected chi connectivity index (χ2v) is 5.24. The fourth-order valence-electron chi connectivity index (χ4n) is 2.12. The summed E-state index contributed by atoms with van der Waals surface area (Å²) in [7, 11) is 0. The summed E-state index contributed by atoms with van der Waals surface area (Å²) >= 11 is 0. The third kappa shape index (κ3) is 4.91. The molecule has 126 valence electrons. The molecule has 0 aliphatic heterocycles. The zero-order valence-electron chi connectivity index (χ0n) is 13.5. The van der Waals surface area contributed by atoms with Gasteiger partial charge in [0.25, 0.3) is 11.6 Å². The number of carbonyl (C=O) groups excluding carboxylic acids is 1. The topological polar surface area (TPSA) is 108 Å². The van der Waals surface area contributed by atoms with Crippen LogP contribution < -0.4 is 10.6 Å². The Morgan fingerprint density at radius 1 is 1.28 bits per heavy atom. The Balaban J connectivity index is 2.03. The number of nitrogens with zero attached hydrogens (tertiary/aromatic N) is 2. The summed E-state index contributed by atoms with van der Waals surface area (Å²) in [6, 6.07) is 15.1. The van der Waals surface area contributed by atoms with Gasteiger partial charge in [0.05, 0.1) is 4.92 Å². The third-order valence-corrected chi connectivity index (χ3v) is 3.48. The Hall–Kier alpha value is -3.66. The van der Waals surface area contributed by atoms with Crippen LogP contribution in [0.4, 0.5) is 11.4 Å². The lowest BCUT2D eigenvalue weighted by atomic mass is 10.1. The van der Waals surface area contributed by atoms with Crippen LogP contribution in [0.15, 0.2) is 60.3 Å². The van der Waals surface area contributed by atoms with Crippen LogP contribution in [0.2, 0.25) is 0 Å². The van der Waals surface area contributed by atoms with Crippen LogP contribution >= 0.6 is 0 Å². The molecule has 0 fully saturated rings. The van der Waals surface area contributed by atoms with Crippen molar-refractivity contribution in [2.45, 2.75) is 13.5 Å². The average Bonchev–Trinajstić information content (AvgIpc) is 2.60. The van der Waals surface area contributed by atoms with E-state index in [-0.39, 0.29) is 16.9 Å². The van der Waals surface area contributed by atoms with Gasteiger partial charge in [0.1, 0.15) is 11.6 Å². The first-order valence-electron chi connectivity index (χ1n) is 7.45. The SMILES string of the molecule is Cc1ccccc1CN/C=C(/C#N)C(=O)Nc1cccc([N+](=O)[O-])c1. The lowest BCUT2D eigenvalue weighted by Gasteiger charge is -2.07. The van der Waals surface area contributed by atoms with Crippen molar-refractivity contribution < 1.29 is 9.72 Å². The average molecular weight is 336 g/mol. The minimum atomic E-state index is -0.639. The molecule has 0 saturated carbocycles. The van der Waals surface area contributed by atoms with E-state index in [0.717, 1.165) is 11.1 Å². The zero-order valence-corrected chi connectivity index (χ0v) is 13.5. The maximum Gasteiger partial charge on any atom is 0.271 e. The maximum absolute atomic E-state index is 12.1. The number of nitro benzene ring substituents is 1. The second-order valence-electron chi connectivity index (χ2n) is 5.24. The molecule has 0 aliphatic carbocycles. The number of amides is 1. The van der Waals surface area contributed by atoms with Gasteiger partial charge in [0.2, 0.25) is 0 Å². The molecule has 0 unspecified atom stereocenters. The Kier molecular flexibility index (Phi) is 5.85. The molecule has 0 atom stereocenters. The Morgan fingerprint density at radius 2 is 2.04 bits per heavy atom. The summed E-state index contributed by atoms with van der Waals surface area (Å²) in [5, 5.41) is 25.3. The van der Waals surface area contributed by atoms with E-state index in [1.54, 1.807) is 0 Å². The molecule has 2 N–H and O–H groups in total. The summed E-state index contributed by atoms with van der Waals surface area (Å²) in [5.41, 5.74) is 2.13. The molecular weight excluding hydrogens is 320 g/mol. The lowest BCUT2D eigenvalue weighted by molar-refractivity contribution is -0.384. The van der Waals surface area contributed by atoms with Crippen molar-refractivity contribution >= 4 is 17.3 Å². The number of anilines is 1. The largest absolute Gasteiger partial charge is 0.386 e. The number of aryl methyl sites for hydroxylation is 1. The smallest absolute Gasteiger partial charge is 0.271 e. The van der Waals surface area contributed by atoms with Crippen LogP contribution in [0.1, 0.15) is 11.1 Å². The molecule has 2 rings (SSSR count). The first-order chi connectivity index (χ1) is 12.0. The molecule has 25 heavy (non-hydrogen) atoms. The van der Waals surface area contributed by atoms with Gasteiger partial charge in [-0.3, -0.25) is 14.9 Å². The molecule has 2 aromatic carbocycles. The first kappa shape index (κ1) is 17.7. The highest BCUT2D eigenvalue weighted by molar-refractivity contribution is 6.06. The molecule has 0 bridgehead atoms. The number of nitro groups is 1. The van der Waals surface area contributed by atoms with E-state index in [4.69, 9.17) is 5.26 Å². The minimum Gasteiger partial charge on any atom is -0.386 e. The molecule has 0 heterocycles. The van der Waals surface area contributed by atoms with Crippen LogP contribution in [-0.2, 0) is 11.3 Å². The van der Waals surface area contributed by atoms with Crippen molar-refractivity contribution in [3.63, 3.8) is 0 Å². The van der Waals surface area contributed by atoms with Crippen LogP contribution in [0, 0.1) is 28.4 Å². The number of rotatable bonds is 6. The highest BCUT2D eigenvalue weighted by Crippen LogP contribution is 2.17. The fourth-order valence-corrected chi connectivity index (χ4v) is 2.12. The van der Waals surface area contributed by atoms with E-state index in [2.05, 4.69) is 10.6 Å². The number of nitriles is 1. The monoisotopic (exact) mass is 336 g/mol. The summed E-state index contributed by atoms with van der Waals surface area (Å²) in [4.78, 5) is 22.3. The van der Waals surface area contributed by atoms with Gasteiger partial charge in [-0.2, -0.15) is 5.26 Å². The summed E-state index contributed by atoms with van der Waals surface area (Å²) in [6.45, 7) is 2.45. The second kappa shape index (κ2) is 8.26. The Bertz CT molecular complexity index is 869. The Morgan fingerprint density at radius 3 is 2.72 bits per heavy atom. The normalized spacial score (nSPS) is 10.6. The van der Waals surface area contributed by atoms with Crippen molar-refractivity contribution in [2.24, 2.45) is 0 Å². The van der Waals surface area contributed by atoms with E-state index in [1.165, 1.54) is 30.5 Å². The van der Waals surface area contributed by atoms with E-state index < -0.39 is 10.8 Å². The molecule has 0 saturated heterocycles. The summed E-state index contributed by atoms with van der Waals surface area (Å²) in [5.74, 6) is -0.639. The maximum atomic E-state index is 12.1. The van der Waals surface area contributed by atoms with Gasteiger partial charge in [-0.25, -0.2) is 0 Å². The first-order valence-corrected chi connectivity index (χ1v) is 7.45. The molecule has 7 nitrogen and oxygen atoms in total. The van der Waals surface area contributed by atoms with Gasteiger partial charge in [-0.1, -0.05) is 30.3 Å². The van der Waals surface area contributed by atoms with Gasteiger partial charge in [-0.05, 0) is 24.1 Å². The highest BCUT2D eigenvalue weighted by atomic mass is 16.6. The zero-order chi connectivity index (χ0) is 18.2. The van der Waals surface area contributed by atoms with E-state index >= 15 is 0 Å². The van der Waals surface area contributed by atoms with Crippen molar-refractivity contribution in [3.8, 4) is 6.07 Å². The molecule has 2 aromatic rings. The van der Waals surface area contributed by atoms with Gasteiger partial charge < -0.3 is 10.6 Å². The number of non-ortho nitro benzene ring substituents is 1. The van der Waals surface area contributed by atoms with Crippen LogP contribution in [-0.4, -0.2) is 10.8 Å². The summed E-state index contributed by atoms with van der Waals surface area (Å²) in [6.07, 6.45) is 1.33. The highest BCUT2D eigenvalue weighted by Gasteiger charge is 2.12. The number of nitrogens with one attached hydrogen (secondary N) is 2. The number of carbonyl (C=O) groups is 1. The number of benzene rings is 2. The molecule has 0 radical (unpaired) electrons. The molecule has 0 aromatic heterocycles. The number of hydrogen-bond donors (Lipinski definition) is 2. The van der Waals surface area contributed by atoms with Crippen LogP contribution in [0.25, 0.3) is 0 Å². The van der Waals surface area contributed by atoms with Gasteiger partial charge in [-0.15, -0.1) is 0 Å². The summed E-state index contributed by atoms with van der Waals surface area (Å²) < 4.78 is 0. The van der Waals surface area contributed by atoms with Crippen molar-refractivity contribution in [3.05, 3.63) is 81.5 Å². The quantitative estimate of drug-likeness (QED) is 0.365. The van der Waals surface area contributed by atoms with E-state index in [9.17, 15) is 14.9 Å². The molecule has 7 heteroatoms. The van der Waals surface area contributed by atoms with Crippen molar-refractivity contribution in [1.29, 1.82) is 5.26 Å². The molecule has 1 amide bonds. The van der Waals surface area contributed by atoms with Crippen molar-refractivity contribution in [1.82, 2.24) is 5.32 Å². The fraction of sp³-hybridized carbons (Fsp3) is 0.111. The lowest BCUT2D eigenvalue weighted by Crippen LogP contribution is -2.17. The number of hydrogen-bond acceptors (Lipinski definition) is 5. The molecular formula is C18H16N4O3. The standard InChI is InChI=1S/C18H16N4O3/c1-13-5-2-3-6-14(13)11-20-12-15(10-19)18(23)21-16-7-4-8-17(9-16)22(24)25/h2-9,12,20H,11H2,1H3,(H,21,23)/b15-12-. The van der Waals surface area contributed by atoms with Crippen LogP contribution in [0.3, 0.4) is 0 Å². The van der Waals surface area contributed by atoms with E-state index in [0.29, 0.717) is 6.54 Å². The predicted octanol–water partition coefficient (Wildman–Crippen LogP) is 3.04. The molecule has 0 spiro atoms. The van der Waals surface area contributed by atoms with E-state index in [1.807, 2.05) is 37.3 Å². The predicted molar refractivity (Wildman–Crippen MR) is 93.4 cm³/mol. The van der Waals surface area contributed by atoms with Gasteiger partial charge >= 0.3 is 0 Å². The third-order valence-electron chi connectivity index (χ3n) is 3.48. The molecule has 0 aliphatic rings. The van der Waals surface area contributed by atoms with Gasteiger partial charge in [0.15, 0.2) is 0 Å². The van der Waals surface area contributed by atoms with Crippen molar-refractivity contribution in [2.75, 3.05) is 5.32 Å².